The van der Waals surface area contributed by atoms with Crippen LogP contribution in [0.15, 0.2) is 47.4 Å². The molecule has 0 aliphatic heterocycles. The largest absolute Gasteiger partial charge is 0.504 e. The minimum atomic E-state index is -0.744. The number of rotatable bonds is 4. The van der Waals surface area contributed by atoms with Gasteiger partial charge in [0.2, 0.25) is 0 Å². The molecule has 3 N–H and O–H groups in total. The average molecular weight is 391 g/mol. The molecule has 0 fully saturated rings. The average Bonchev–Trinajstić information content (AvgIpc) is 2.74. The lowest BCUT2D eigenvalue weighted by molar-refractivity contribution is 0.433. The summed E-state index contributed by atoms with van der Waals surface area (Å²) in [5.41, 5.74) is 2.75. The molecule has 148 valence electrons. The van der Waals surface area contributed by atoms with Gasteiger partial charge in [-0.2, -0.15) is 0 Å². The number of aromatic nitrogens is 2. The van der Waals surface area contributed by atoms with Gasteiger partial charge in [-0.25, -0.2) is 4.39 Å². The molecule has 0 saturated heterocycles. The number of benzene rings is 2. The molecule has 2 heterocycles. The Morgan fingerprint density at radius 2 is 1.97 bits per heavy atom. The van der Waals surface area contributed by atoms with Crippen molar-refractivity contribution in [2.24, 2.45) is 0 Å². The van der Waals surface area contributed by atoms with Gasteiger partial charge in [0.25, 0.3) is 5.56 Å². The Kier molecular flexibility index (Phi) is 4.80. The molecule has 0 amide bonds. The Hall–Kier alpha value is -3.25. The second kappa shape index (κ2) is 7.29. The van der Waals surface area contributed by atoms with Gasteiger partial charge in [0.1, 0.15) is 0 Å². The Labute approximate surface area is 167 Å². The molecule has 1 unspecified atom stereocenters. The maximum Gasteiger partial charge on any atom is 0.257 e. The first-order valence-electron chi connectivity index (χ1n) is 9.50. The van der Waals surface area contributed by atoms with E-state index in [0.717, 1.165) is 12.1 Å². The number of phenolic OH excluding ortho intramolecular Hbond substituents is 1. The van der Waals surface area contributed by atoms with Crippen LogP contribution >= 0.6 is 0 Å². The molecule has 0 radical (unpaired) electrons. The lowest BCUT2D eigenvalue weighted by Crippen LogP contribution is -2.14. The lowest BCUT2D eigenvalue weighted by Gasteiger charge is -2.16. The Morgan fingerprint density at radius 3 is 2.66 bits per heavy atom. The molecule has 4 rings (SSSR count). The Morgan fingerprint density at radius 1 is 1.24 bits per heavy atom. The third-order valence-electron chi connectivity index (χ3n) is 5.46. The highest BCUT2D eigenvalue weighted by atomic mass is 19.1. The summed E-state index contributed by atoms with van der Waals surface area (Å²) in [5.74, 6) is -0.871. The van der Waals surface area contributed by atoms with Crippen molar-refractivity contribution in [1.29, 1.82) is 0 Å². The maximum atomic E-state index is 14.8. The fourth-order valence-corrected chi connectivity index (χ4v) is 3.87. The zero-order valence-corrected chi connectivity index (χ0v) is 16.5. The van der Waals surface area contributed by atoms with Gasteiger partial charge in [-0.05, 0) is 43.1 Å². The number of halogens is 1. The predicted molar refractivity (Wildman–Crippen MR) is 114 cm³/mol. The number of fused-ring (bicyclic) bond motifs is 3. The molecule has 4 aromatic rings. The van der Waals surface area contributed by atoms with Crippen LogP contribution in [0.25, 0.3) is 32.9 Å². The molecule has 0 spiro atoms. The summed E-state index contributed by atoms with van der Waals surface area (Å²) in [7, 11) is 1.91. The minimum Gasteiger partial charge on any atom is -0.504 e. The summed E-state index contributed by atoms with van der Waals surface area (Å²) >= 11 is 0. The van der Waals surface area contributed by atoms with Crippen molar-refractivity contribution in [1.82, 2.24) is 15.3 Å². The quantitative estimate of drug-likeness (QED) is 0.455. The smallest absolute Gasteiger partial charge is 0.257 e. The number of nitrogens with one attached hydrogen (secondary N) is 2. The molecule has 6 heteroatoms. The molecule has 0 aliphatic carbocycles. The minimum absolute atomic E-state index is 0.185. The van der Waals surface area contributed by atoms with E-state index in [0.29, 0.717) is 38.9 Å². The monoisotopic (exact) mass is 391 g/mol. The predicted octanol–water partition coefficient (Wildman–Crippen LogP) is 4.22. The van der Waals surface area contributed by atoms with E-state index in [-0.39, 0.29) is 11.1 Å². The number of hydrogen-bond acceptors (Lipinski definition) is 4. The highest BCUT2D eigenvalue weighted by molar-refractivity contribution is 6.13. The van der Waals surface area contributed by atoms with Crippen LogP contribution in [0.1, 0.15) is 24.0 Å². The summed E-state index contributed by atoms with van der Waals surface area (Å²) in [4.78, 5) is 19.6. The Balaban J connectivity index is 2.06. The molecule has 0 saturated carbocycles. The normalized spacial score (nSPS) is 12.6. The van der Waals surface area contributed by atoms with Crippen LogP contribution in [0.5, 0.6) is 5.75 Å². The molecule has 0 bridgehead atoms. The number of H-pyrrole nitrogens is 1. The van der Waals surface area contributed by atoms with E-state index < -0.39 is 11.6 Å². The number of nitrogens with zero attached hydrogens (tertiary/aromatic N) is 1. The molecule has 2 aromatic carbocycles. The van der Waals surface area contributed by atoms with Gasteiger partial charge in [-0.15, -0.1) is 0 Å². The van der Waals surface area contributed by atoms with Crippen LogP contribution in [-0.4, -0.2) is 28.7 Å². The number of aryl methyl sites for hydroxylation is 1. The number of phenols is 1. The topological polar surface area (TPSA) is 78.0 Å². The number of hydrogen-bond donors (Lipinski definition) is 3. The summed E-state index contributed by atoms with van der Waals surface area (Å²) < 4.78 is 14.8. The number of likely N-dealkylation sites (N-methyl/N-ethyl adjacent to an activating group) is 1. The van der Waals surface area contributed by atoms with Crippen molar-refractivity contribution in [3.63, 3.8) is 0 Å². The SMILES string of the molecule is CNCC(C)c1ccc(-c2c(O)c(F)c(C)c3[nH]c(=O)c4cccnc4c23)cc1. The highest BCUT2D eigenvalue weighted by Gasteiger charge is 2.22. The van der Waals surface area contributed by atoms with Crippen molar-refractivity contribution in [3.8, 4) is 16.9 Å². The summed E-state index contributed by atoms with van der Waals surface area (Å²) in [6.45, 7) is 4.49. The van der Waals surface area contributed by atoms with E-state index in [1.165, 1.54) is 6.92 Å². The van der Waals surface area contributed by atoms with E-state index in [4.69, 9.17) is 0 Å². The van der Waals surface area contributed by atoms with Crippen molar-refractivity contribution in [2.45, 2.75) is 19.8 Å². The van der Waals surface area contributed by atoms with Gasteiger partial charge in [-0.1, -0.05) is 31.2 Å². The first kappa shape index (κ1) is 19.1. The second-order valence-electron chi connectivity index (χ2n) is 7.35. The van der Waals surface area contributed by atoms with Crippen molar-refractivity contribution >= 4 is 21.8 Å². The standard InChI is InChI=1S/C23H22FN3O2/c1-12(11-25-3)14-6-8-15(9-7-14)17-18-20(13(2)19(24)22(17)28)27-23(29)16-5-4-10-26-21(16)18/h4-10,12,25,28H,11H2,1-3H3,(H,27,29). The van der Waals surface area contributed by atoms with Crippen LogP contribution in [0, 0.1) is 12.7 Å². The molecule has 0 aliphatic rings. The summed E-state index contributed by atoms with van der Waals surface area (Å²) in [5, 5.41) is 14.8. The fourth-order valence-electron chi connectivity index (χ4n) is 3.87. The molecule has 1 atom stereocenters. The first-order valence-corrected chi connectivity index (χ1v) is 9.50. The third-order valence-corrected chi connectivity index (χ3v) is 5.46. The second-order valence-corrected chi connectivity index (χ2v) is 7.35. The van der Waals surface area contributed by atoms with Crippen molar-refractivity contribution < 1.29 is 9.50 Å². The molecule has 29 heavy (non-hydrogen) atoms. The molecule has 5 nitrogen and oxygen atoms in total. The summed E-state index contributed by atoms with van der Waals surface area (Å²) in [6.07, 6.45) is 1.59. The van der Waals surface area contributed by atoms with Gasteiger partial charge < -0.3 is 15.4 Å². The third kappa shape index (κ3) is 3.06. The molecular formula is C23H22FN3O2. The van der Waals surface area contributed by atoms with E-state index >= 15 is 0 Å². The number of aromatic hydroxyl groups is 1. The number of aromatic amines is 1. The van der Waals surface area contributed by atoms with Crippen LogP contribution in [-0.2, 0) is 0 Å². The van der Waals surface area contributed by atoms with E-state index in [9.17, 15) is 14.3 Å². The molecular weight excluding hydrogens is 369 g/mol. The van der Waals surface area contributed by atoms with E-state index in [1.54, 1.807) is 18.3 Å². The van der Waals surface area contributed by atoms with Gasteiger partial charge >= 0.3 is 0 Å². The van der Waals surface area contributed by atoms with Crippen molar-refractivity contribution in [2.75, 3.05) is 13.6 Å². The van der Waals surface area contributed by atoms with E-state index in [1.807, 2.05) is 31.3 Å². The Bertz CT molecular complexity index is 1280. The zero-order chi connectivity index (χ0) is 20.7. The van der Waals surface area contributed by atoms with Gasteiger partial charge in [0.15, 0.2) is 11.6 Å². The van der Waals surface area contributed by atoms with Crippen LogP contribution in [0.3, 0.4) is 0 Å². The van der Waals surface area contributed by atoms with E-state index in [2.05, 4.69) is 22.2 Å². The van der Waals surface area contributed by atoms with Gasteiger partial charge in [0, 0.05) is 29.3 Å². The lowest BCUT2D eigenvalue weighted by atomic mass is 9.92. The van der Waals surface area contributed by atoms with Crippen LogP contribution in [0.2, 0.25) is 0 Å². The fraction of sp³-hybridized carbons (Fsp3) is 0.217. The maximum absolute atomic E-state index is 14.8. The molecule has 2 aromatic heterocycles. The van der Waals surface area contributed by atoms with Crippen molar-refractivity contribution in [3.05, 3.63) is 69.9 Å². The van der Waals surface area contributed by atoms with Gasteiger partial charge in [0.05, 0.1) is 16.4 Å². The zero-order valence-electron chi connectivity index (χ0n) is 16.5. The van der Waals surface area contributed by atoms with Crippen LogP contribution in [0.4, 0.5) is 4.39 Å². The van der Waals surface area contributed by atoms with Gasteiger partial charge in [-0.3, -0.25) is 9.78 Å². The highest BCUT2D eigenvalue weighted by Crippen LogP contribution is 2.42. The number of pyridine rings is 2. The summed E-state index contributed by atoms with van der Waals surface area (Å²) in [6, 6.07) is 11.0. The van der Waals surface area contributed by atoms with Crippen LogP contribution < -0.4 is 10.9 Å². The first-order chi connectivity index (χ1) is 13.9.